The Morgan fingerprint density at radius 1 is 1.03 bits per heavy atom. The third-order valence-corrected chi connectivity index (χ3v) is 4.11. The Balaban J connectivity index is 1.56. The molecule has 3 amide bonds. The second kappa shape index (κ2) is 9.97. The first-order valence-electron chi connectivity index (χ1n) is 9.22. The molecule has 3 N–H and O–H groups in total. The Bertz CT molecular complexity index is 1010. The first-order chi connectivity index (χ1) is 14.5. The Morgan fingerprint density at radius 2 is 1.90 bits per heavy atom. The summed E-state index contributed by atoms with van der Waals surface area (Å²) in [6.45, 7) is 2.14. The highest BCUT2D eigenvalue weighted by Gasteiger charge is 2.10. The Labute approximate surface area is 173 Å². The van der Waals surface area contributed by atoms with Crippen LogP contribution in [0, 0.1) is 6.92 Å². The van der Waals surface area contributed by atoms with E-state index in [9.17, 15) is 9.59 Å². The van der Waals surface area contributed by atoms with Gasteiger partial charge in [-0.15, -0.1) is 0 Å². The van der Waals surface area contributed by atoms with E-state index in [-0.39, 0.29) is 12.3 Å². The zero-order valence-electron chi connectivity index (χ0n) is 16.7. The number of anilines is 2. The molecule has 2 aromatic heterocycles. The monoisotopic (exact) mass is 406 g/mol. The number of benzene rings is 1. The van der Waals surface area contributed by atoms with Gasteiger partial charge in [0.1, 0.15) is 5.75 Å². The molecule has 0 spiro atoms. The number of urea groups is 1. The van der Waals surface area contributed by atoms with Gasteiger partial charge < -0.3 is 15.4 Å². The Hall–Kier alpha value is -4.01. The van der Waals surface area contributed by atoms with E-state index in [0.29, 0.717) is 23.8 Å². The summed E-state index contributed by atoms with van der Waals surface area (Å²) in [5.74, 6) is 0.701. The number of hydrogen-bond donors (Lipinski definition) is 3. The van der Waals surface area contributed by atoms with E-state index in [0.717, 1.165) is 16.8 Å². The molecule has 0 fully saturated rings. The summed E-state index contributed by atoms with van der Waals surface area (Å²) < 4.78 is 5.36. The summed E-state index contributed by atoms with van der Waals surface area (Å²) >= 11 is 0. The molecule has 154 valence electrons. The molecule has 0 saturated carbocycles. The maximum Gasteiger partial charge on any atom is 0.324 e. The average Bonchev–Trinajstić information content (AvgIpc) is 2.75. The lowest BCUT2D eigenvalue weighted by Gasteiger charge is -2.13. The molecule has 2 heterocycles. The van der Waals surface area contributed by atoms with Gasteiger partial charge in [0.25, 0.3) is 0 Å². The maximum atomic E-state index is 12.2. The summed E-state index contributed by atoms with van der Waals surface area (Å²) in [4.78, 5) is 36.5. The zero-order valence-corrected chi connectivity index (χ0v) is 16.7. The van der Waals surface area contributed by atoms with E-state index in [1.165, 1.54) is 13.3 Å². The molecule has 3 rings (SSSR count). The molecule has 0 bridgehead atoms. The molecule has 0 radical (unpaired) electrons. The number of nitrogens with one attached hydrogen (secondary N) is 3. The van der Waals surface area contributed by atoms with Gasteiger partial charge in [-0.25, -0.2) is 9.78 Å². The van der Waals surface area contributed by atoms with Crippen molar-refractivity contribution in [1.82, 2.24) is 20.3 Å². The van der Waals surface area contributed by atoms with Crippen LogP contribution in [0.1, 0.15) is 16.8 Å². The van der Waals surface area contributed by atoms with Crippen molar-refractivity contribution in [3.05, 3.63) is 71.9 Å². The fourth-order valence-corrected chi connectivity index (χ4v) is 2.63. The average molecular weight is 406 g/mol. The Morgan fingerprint density at radius 3 is 2.60 bits per heavy atom. The number of aryl methyl sites for hydroxylation is 1. The number of hydrogen-bond acceptors (Lipinski definition) is 6. The molecule has 0 aliphatic rings. The van der Waals surface area contributed by atoms with E-state index in [1.54, 1.807) is 42.9 Å². The largest absolute Gasteiger partial charge is 0.495 e. The van der Waals surface area contributed by atoms with Crippen molar-refractivity contribution in [2.24, 2.45) is 0 Å². The van der Waals surface area contributed by atoms with Crippen LogP contribution in [0.15, 0.2) is 55.1 Å². The van der Waals surface area contributed by atoms with Gasteiger partial charge >= 0.3 is 6.03 Å². The zero-order chi connectivity index (χ0) is 21.3. The van der Waals surface area contributed by atoms with Crippen LogP contribution in [-0.2, 0) is 17.8 Å². The summed E-state index contributed by atoms with van der Waals surface area (Å²) in [6, 6.07) is 8.44. The van der Waals surface area contributed by atoms with Crippen molar-refractivity contribution in [1.29, 1.82) is 0 Å². The molecule has 0 saturated heterocycles. The van der Waals surface area contributed by atoms with Gasteiger partial charge in [0, 0.05) is 18.9 Å². The van der Waals surface area contributed by atoms with Gasteiger partial charge in [-0.05, 0) is 36.2 Å². The standard InChI is InChI=1S/C21H22N6O3/c1-14-10-24-19(13-23-14)27-21(29)26-17-6-5-16(8-18(17)30-2)12-25-20(28)9-15-4-3-7-22-11-15/h3-8,10-11,13H,9,12H2,1-2H3,(H,25,28)(H2,24,26,27,29). The number of nitrogens with zero attached hydrogens (tertiary/aromatic N) is 3. The number of ether oxygens (including phenoxy) is 1. The van der Waals surface area contributed by atoms with E-state index in [4.69, 9.17) is 4.74 Å². The van der Waals surface area contributed by atoms with Gasteiger partial charge in [-0.1, -0.05) is 12.1 Å². The molecule has 30 heavy (non-hydrogen) atoms. The van der Waals surface area contributed by atoms with E-state index >= 15 is 0 Å². The third-order valence-electron chi connectivity index (χ3n) is 4.11. The van der Waals surface area contributed by atoms with Gasteiger partial charge in [0.05, 0.1) is 37.3 Å². The van der Waals surface area contributed by atoms with Crippen LogP contribution in [0.5, 0.6) is 5.75 Å². The second-order valence-corrected chi connectivity index (χ2v) is 6.47. The number of rotatable bonds is 7. The van der Waals surface area contributed by atoms with Crippen molar-refractivity contribution in [3.63, 3.8) is 0 Å². The second-order valence-electron chi connectivity index (χ2n) is 6.47. The highest BCUT2D eigenvalue weighted by molar-refractivity contribution is 6.00. The number of pyridine rings is 1. The number of aromatic nitrogens is 3. The van der Waals surface area contributed by atoms with Crippen LogP contribution in [0.3, 0.4) is 0 Å². The smallest absolute Gasteiger partial charge is 0.324 e. The molecule has 9 nitrogen and oxygen atoms in total. The molecule has 1 aromatic carbocycles. The number of carbonyl (C=O) groups is 2. The number of carbonyl (C=O) groups excluding carboxylic acids is 2. The SMILES string of the molecule is COc1cc(CNC(=O)Cc2cccnc2)ccc1NC(=O)Nc1cnc(C)cn1. The highest BCUT2D eigenvalue weighted by Crippen LogP contribution is 2.25. The number of amides is 3. The molecule has 0 aliphatic carbocycles. The first kappa shape index (κ1) is 20.7. The van der Waals surface area contributed by atoms with Crippen LogP contribution in [0.2, 0.25) is 0 Å². The Kier molecular flexibility index (Phi) is 6.88. The van der Waals surface area contributed by atoms with Gasteiger partial charge in [0.15, 0.2) is 5.82 Å². The lowest BCUT2D eigenvalue weighted by Crippen LogP contribution is -2.24. The van der Waals surface area contributed by atoms with Crippen LogP contribution in [-0.4, -0.2) is 34.0 Å². The van der Waals surface area contributed by atoms with E-state index in [1.807, 2.05) is 13.0 Å². The lowest BCUT2D eigenvalue weighted by atomic mass is 10.1. The van der Waals surface area contributed by atoms with Crippen LogP contribution in [0.25, 0.3) is 0 Å². The normalized spacial score (nSPS) is 10.2. The fourth-order valence-electron chi connectivity index (χ4n) is 2.63. The molecule has 0 atom stereocenters. The first-order valence-corrected chi connectivity index (χ1v) is 9.22. The van der Waals surface area contributed by atoms with Crippen molar-refractivity contribution < 1.29 is 14.3 Å². The summed E-state index contributed by atoms with van der Waals surface area (Å²) in [6.07, 6.45) is 6.62. The van der Waals surface area contributed by atoms with Crippen molar-refractivity contribution in [2.75, 3.05) is 17.7 Å². The molecule has 9 heteroatoms. The number of methoxy groups -OCH3 is 1. The van der Waals surface area contributed by atoms with Crippen LogP contribution < -0.4 is 20.7 Å². The van der Waals surface area contributed by atoms with Gasteiger partial charge in [-0.2, -0.15) is 0 Å². The molecule has 0 unspecified atom stereocenters. The van der Waals surface area contributed by atoms with Gasteiger partial charge in [0.2, 0.25) is 5.91 Å². The van der Waals surface area contributed by atoms with Crippen LogP contribution in [0.4, 0.5) is 16.3 Å². The minimum atomic E-state index is -0.469. The third kappa shape index (κ3) is 5.99. The minimum absolute atomic E-state index is 0.109. The molecule has 0 aliphatic heterocycles. The summed E-state index contributed by atoms with van der Waals surface area (Å²) in [5.41, 5.74) is 2.92. The maximum absolute atomic E-state index is 12.2. The van der Waals surface area contributed by atoms with Crippen molar-refractivity contribution >= 4 is 23.4 Å². The minimum Gasteiger partial charge on any atom is -0.495 e. The summed E-state index contributed by atoms with van der Waals surface area (Å²) in [5, 5.41) is 8.18. The van der Waals surface area contributed by atoms with Crippen molar-refractivity contribution in [2.45, 2.75) is 19.9 Å². The topological polar surface area (TPSA) is 118 Å². The lowest BCUT2D eigenvalue weighted by molar-refractivity contribution is -0.120. The van der Waals surface area contributed by atoms with E-state index < -0.39 is 6.03 Å². The molecular formula is C21H22N6O3. The van der Waals surface area contributed by atoms with E-state index in [2.05, 4.69) is 30.9 Å². The molecule has 3 aromatic rings. The van der Waals surface area contributed by atoms with Crippen LogP contribution >= 0.6 is 0 Å². The highest BCUT2D eigenvalue weighted by atomic mass is 16.5. The summed E-state index contributed by atoms with van der Waals surface area (Å²) in [7, 11) is 1.51. The predicted molar refractivity (Wildman–Crippen MR) is 112 cm³/mol. The van der Waals surface area contributed by atoms with Gasteiger partial charge in [-0.3, -0.25) is 20.1 Å². The quantitative estimate of drug-likeness (QED) is 0.555. The fraction of sp³-hybridized carbons (Fsp3) is 0.190. The van der Waals surface area contributed by atoms with Crippen molar-refractivity contribution in [3.8, 4) is 5.75 Å². The molecular weight excluding hydrogens is 384 g/mol. The predicted octanol–water partition coefficient (Wildman–Crippen LogP) is 2.69.